The minimum atomic E-state index is -0.381. The van der Waals surface area contributed by atoms with Crippen molar-refractivity contribution < 1.29 is 23.9 Å². The van der Waals surface area contributed by atoms with E-state index in [4.69, 9.17) is 14.2 Å². The Balaban J connectivity index is 1.60. The molecular weight excluding hydrogens is 416 g/mol. The fraction of sp³-hybridized carbons (Fsp3) is 0.409. The first-order chi connectivity index (χ1) is 15.5. The van der Waals surface area contributed by atoms with E-state index in [1.165, 1.54) is 6.07 Å². The van der Waals surface area contributed by atoms with E-state index < -0.39 is 0 Å². The van der Waals surface area contributed by atoms with Crippen LogP contribution in [0.4, 0.5) is 16.2 Å². The quantitative estimate of drug-likeness (QED) is 0.493. The molecule has 0 aliphatic carbocycles. The number of methoxy groups -OCH3 is 2. The maximum absolute atomic E-state index is 12.7. The zero-order chi connectivity index (χ0) is 23.1. The minimum absolute atomic E-state index is 0.0730. The summed E-state index contributed by atoms with van der Waals surface area (Å²) in [7, 11) is 3.10. The second kappa shape index (κ2) is 10.6. The Kier molecular flexibility index (Phi) is 7.58. The lowest BCUT2D eigenvalue weighted by Crippen LogP contribution is -2.51. The number of amides is 2. The van der Waals surface area contributed by atoms with Crippen molar-refractivity contribution in [1.82, 2.24) is 10.2 Å². The molecule has 0 bridgehead atoms. The number of urea groups is 1. The smallest absolute Gasteiger partial charge is 0.317 e. The van der Waals surface area contributed by atoms with Gasteiger partial charge in [0.25, 0.3) is 5.69 Å². The van der Waals surface area contributed by atoms with Crippen LogP contribution in [-0.2, 0) is 6.54 Å². The first-order valence-electron chi connectivity index (χ1n) is 10.4. The summed E-state index contributed by atoms with van der Waals surface area (Å²) in [5, 5.41) is 14.2. The first-order valence-corrected chi connectivity index (χ1v) is 10.4. The number of carbonyl (C=O) groups is 1. The number of anilines is 1. The van der Waals surface area contributed by atoms with Gasteiger partial charge in [0.15, 0.2) is 11.5 Å². The second-order valence-corrected chi connectivity index (χ2v) is 7.14. The van der Waals surface area contributed by atoms with Crippen LogP contribution in [0.25, 0.3) is 0 Å². The molecule has 10 nitrogen and oxygen atoms in total. The number of carbonyl (C=O) groups excluding carboxylic acids is 1. The molecule has 3 rings (SSSR count). The van der Waals surface area contributed by atoms with Gasteiger partial charge in [-0.05, 0) is 30.7 Å². The molecular formula is C22H28N4O6. The van der Waals surface area contributed by atoms with E-state index in [2.05, 4.69) is 5.32 Å². The maximum Gasteiger partial charge on any atom is 0.317 e. The maximum atomic E-state index is 12.7. The van der Waals surface area contributed by atoms with Crippen LogP contribution < -0.4 is 24.4 Å². The molecule has 0 radical (unpaired) electrons. The summed E-state index contributed by atoms with van der Waals surface area (Å²) in [6.07, 6.45) is 0. The Hall–Kier alpha value is -3.69. The molecule has 1 aliphatic rings. The van der Waals surface area contributed by atoms with Gasteiger partial charge in [0.2, 0.25) is 5.75 Å². The van der Waals surface area contributed by atoms with Crippen molar-refractivity contribution >= 4 is 17.4 Å². The summed E-state index contributed by atoms with van der Waals surface area (Å²) in [5.74, 6) is 1.60. The Morgan fingerprint density at radius 1 is 1.09 bits per heavy atom. The van der Waals surface area contributed by atoms with Gasteiger partial charge in [0, 0.05) is 38.8 Å². The fourth-order valence-corrected chi connectivity index (χ4v) is 3.65. The topological polar surface area (TPSA) is 106 Å². The van der Waals surface area contributed by atoms with Gasteiger partial charge in [-0.15, -0.1) is 0 Å². The molecule has 1 N–H and O–H groups in total. The molecule has 1 fully saturated rings. The standard InChI is InChI=1S/C22H28N4O6/c1-4-32-21-19(30-2)13-16(14-20(21)31-3)15-23-22(27)25-11-9-24(10-12-25)17-7-5-6-8-18(17)26(28)29/h5-8,13-14H,4,9-12,15H2,1-3H3,(H,23,27). The van der Waals surface area contributed by atoms with Crippen LogP contribution in [0.3, 0.4) is 0 Å². The van der Waals surface area contributed by atoms with E-state index in [0.29, 0.717) is 62.3 Å². The average molecular weight is 444 g/mol. The average Bonchev–Trinajstić information content (AvgIpc) is 2.83. The Labute approximate surface area is 186 Å². The molecule has 0 spiro atoms. The largest absolute Gasteiger partial charge is 0.493 e. The number of rotatable bonds is 8. The lowest BCUT2D eigenvalue weighted by Gasteiger charge is -2.35. The number of hydrogen-bond donors (Lipinski definition) is 1. The lowest BCUT2D eigenvalue weighted by atomic mass is 10.1. The number of hydrogen-bond acceptors (Lipinski definition) is 7. The highest BCUT2D eigenvalue weighted by molar-refractivity contribution is 5.75. The number of nitrogens with one attached hydrogen (secondary N) is 1. The summed E-state index contributed by atoms with van der Waals surface area (Å²) >= 11 is 0. The van der Waals surface area contributed by atoms with Gasteiger partial charge in [-0.3, -0.25) is 10.1 Å². The third-order valence-corrected chi connectivity index (χ3v) is 5.24. The number of benzene rings is 2. The Morgan fingerprint density at radius 2 is 1.72 bits per heavy atom. The van der Waals surface area contributed by atoms with Gasteiger partial charge in [-0.2, -0.15) is 0 Å². The van der Waals surface area contributed by atoms with Crippen LogP contribution in [0.15, 0.2) is 36.4 Å². The van der Waals surface area contributed by atoms with Crippen molar-refractivity contribution in [2.75, 3.05) is 51.9 Å². The van der Waals surface area contributed by atoms with Crippen molar-refractivity contribution in [2.24, 2.45) is 0 Å². The van der Waals surface area contributed by atoms with Crippen LogP contribution in [0.1, 0.15) is 12.5 Å². The van der Waals surface area contributed by atoms with Crippen molar-refractivity contribution in [1.29, 1.82) is 0 Å². The zero-order valence-corrected chi connectivity index (χ0v) is 18.5. The molecule has 2 aromatic carbocycles. The van der Waals surface area contributed by atoms with Gasteiger partial charge >= 0.3 is 6.03 Å². The molecule has 1 aliphatic heterocycles. The summed E-state index contributed by atoms with van der Waals surface area (Å²) in [6, 6.07) is 10.1. The molecule has 32 heavy (non-hydrogen) atoms. The number of nitrogens with zero attached hydrogens (tertiary/aromatic N) is 3. The number of nitro groups is 1. The normalized spacial score (nSPS) is 13.5. The molecule has 0 unspecified atom stereocenters. The highest BCUT2D eigenvalue weighted by Gasteiger charge is 2.25. The van der Waals surface area contributed by atoms with Crippen LogP contribution in [0, 0.1) is 10.1 Å². The summed E-state index contributed by atoms with van der Waals surface area (Å²) < 4.78 is 16.4. The van der Waals surface area contributed by atoms with Crippen molar-refractivity contribution in [3.63, 3.8) is 0 Å². The van der Waals surface area contributed by atoms with Gasteiger partial charge in [-0.25, -0.2) is 4.79 Å². The zero-order valence-electron chi connectivity index (χ0n) is 18.5. The van der Waals surface area contributed by atoms with Crippen LogP contribution in [0.5, 0.6) is 17.2 Å². The molecule has 1 saturated heterocycles. The highest BCUT2D eigenvalue weighted by Crippen LogP contribution is 2.38. The SMILES string of the molecule is CCOc1c(OC)cc(CNC(=O)N2CCN(c3ccccc3[N+](=O)[O-])CC2)cc1OC. The predicted octanol–water partition coefficient (Wildman–Crippen LogP) is 3.04. The van der Waals surface area contributed by atoms with Crippen LogP contribution >= 0.6 is 0 Å². The number of piperazine rings is 1. The summed E-state index contributed by atoms with van der Waals surface area (Å²) in [5.41, 5.74) is 1.46. The van der Waals surface area contributed by atoms with E-state index in [0.717, 1.165) is 5.56 Å². The van der Waals surface area contributed by atoms with Crippen molar-refractivity contribution in [3.8, 4) is 17.2 Å². The van der Waals surface area contributed by atoms with Gasteiger partial charge in [0.05, 0.1) is 25.7 Å². The summed E-state index contributed by atoms with van der Waals surface area (Å²) in [4.78, 5) is 27.2. The molecule has 0 aromatic heterocycles. The molecule has 0 atom stereocenters. The second-order valence-electron chi connectivity index (χ2n) is 7.14. The van der Waals surface area contributed by atoms with Gasteiger partial charge < -0.3 is 29.3 Å². The fourth-order valence-electron chi connectivity index (χ4n) is 3.65. The molecule has 1 heterocycles. The van der Waals surface area contributed by atoms with Crippen LogP contribution in [-0.4, -0.2) is 62.9 Å². The van der Waals surface area contributed by atoms with E-state index in [1.807, 2.05) is 11.8 Å². The minimum Gasteiger partial charge on any atom is -0.493 e. The van der Waals surface area contributed by atoms with Crippen molar-refractivity contribution in [3.05, 3.63) is 52.1 Å². The third-order valence-electron chi connectivity index (χ3n) is 5.24. The molecule has 0 saturated carbocycles. The van der Waals surface area contributed by atoms with Crippen molar-refractivity contribution in [2.45, 2.75) is 13.5 Å². The first kappa shape index (κ1) is 23.0. The lowest BCUT2D eigenvalue weighted by molar-refractivity contribution is -0.384. The molecule has 172 valence electrons. The van der Waals surface area contributed by atoms with E-state index in [9.17, 15) is 14.9 Å². The van der Waals surface area contributed by atoms with Crippen LogP contribution in [0.2, 0.25) is 0 Å². The summed E-state index contributed by atoms with van der Waals surface area (Å²) in [6.45, 7) is 4.61. The molecule has 10 heteroatoms. The molecule has 2 amide bonds. The number of ether oxygens (including phenoxy) is 3. The van der Waals surface area contributed by atoms with E-state index >= 15 is 0 Å². The van der Waals surface area contributed by atoms with E-state index in [-0.39, 0.29) is 16.6 Å². The highest BCUT2D eigenvalue weighted by atomic mass is 16.6. The third kappa shape index (κ3) is 5.13. The van der Waals surface area contributed by atoms with Gasteiger partial charge in [-0.1, -0.05) is 12.1 Å². The monoisotopic (exact) mass is 444 g/mol. The van der Waals surface area contributed by atoms with Gasteiger partial charge in [0.1, 0.15) is 5.69 Å². The Morgan fingerprint density at radius 3 is 2.28 bits per heavy atom. The van der Waals surface area contributed by atoms with E-state index in [1.54, 1.807) is 49.5 Å². The predicted molar refractivity (Wildman–Crippen MR) is 120 cm³/mol. The number of nitro benzene ring substituents is 1. The molecule has 2 aromatic rings. The Bertz CT molecular complexity index is 934. The number of para-hydroxylation sites is 2.